The van der Waals surface area contributed by atoms with Crippen LogP contribution in [0.2, 0.25) is 0 Å². The second-order valence-electron chi connectivity index (χ2n) is 3.88. The van der Waals surface area contributed by atoms with Crippen LogP contribution in [-0.2, 0) is 0 Å². The molecule has 0 radical (unpaired) electrons. The second kappa shape index (κ2) is 5.68. The third-order valence-electron chi connectivity index (χ3n) is 2.97. The van der Waals surface area contributed by atoms with Crippen molar-refractivity contribution in [2.45, 2.75) is 29.6 Å². The molecule has 0 spiro atoms. The summed E-state index contributed by atoms with van der Waals surface area (Å²) in [7, 11) is 0. The Hall–Kier alpha value is -0.130. The van der Waals surface area contributed by atoms with E-state index in [9.17, 15) is 10.1 Å². The van der Waals surface area contributed by atoms with Crippen molar-refractivity contribution in [2.75, 3.05) is 6.54 Å². The van der Waals surface area contributed by atoms with Gasteiger partial charge in [-0.15, -0.1) is 6.58 Å². The van der Waals surface area contributed by atoms with E-state index in [1.807, 2.05) is 6.08 Å². The van der Waals surface area contributed by atoms with E-state index in [1.165, 1.54) is 12.8 Å². The SMILES string of the molecule is C=CC1CCCCC1C(I)C[N+](=O)[O-]. The quantitative estimate of drug-likeness (QED) is 0.263. The van der Waals surface area contributed by atoms with Gasteiger partial charge in [-0.3, -0.25) is 10.1 Å². The molecule has 4 heteroatoms. The molecular weight excluding hydrogens is 293 g/mol. The summed E-state index contributed by atoms with van der Waals surface area (Å²) in [6, 6.07) is 0. The first-order chi connectivity index (χ1) is 6.65. The van der Waals surface area contributed by atoms with Crippen molar-refractivity contribution in [2.24, 2.45) is 11.8 Å². The number of allylic oxidation sites excluding steroid dienone is 1. The normalized spacial score (nSPS) is 29.5. The summed E-state index contributed by atoms with van der Waals surface area (Å²) in [4.78, 5) is 10.2. The fraction of sp³-hybridized carbons (Fsp3) is 0.800. The highest BCUT2D eigenvalue weighted by molar-refractivity contribution is 14.1. The lowest BCUT2D eigenvalue weighted by atomic mass is 9.77. The zero-order valence-corrected chi connectivity index (χ0v) is 10.4. The smallest absolute Gasteiger partial charge is 0.215 e. The molecule has 0 heterocycles. The Balaban J connectivity index is 2.53. The highest BCUT2D eigenvalue weighted by atomic mass is 127. The first-order valence-corrected chi connectivity index (χ1v) is 6.28. The van der Waals surface area contributed by atoms with Crippen LogP contribution in [0.25, 0.3) is 0 Å². The number of alkyl halides is 1. The molecule has 3 atom stereocenters. The lowest BCUT2D eigenvalue weighted by Crippen LogP contribution is -2.30. The van der Waals surface area contributed by atoms with E-state index < -0.39 is 0 Å². The summed E-state index contributed by atoms with van der Waals surface area (Å²) in [6.07, 6.45) is 6.72. The Labute approximate surface area is 98.2 Å². The Bertz CT molecular complexity index is 220. The molecule has 3 unspecified atom stereocenters. The molecule has 0 saturated heterocycles. The topological polar surface area (TPSA) is 43.1 Å². The van der Waals surface area contributed by atoms with Crippen LogP contribution < -0.4 is 0 Å². The Morgan fingerprint density at radius 1 is 1.57 bits per heavy atom. The van der Waals surface area contributed by atoms with E-state index >= 15 is 0 Å². The standard InChI is InChI=1S/C10H16INO2/c1-2-8-5-3-4-6-9(8)10(11)7-12(13)14/h2,8-10H,1,3-7H2. The Kier molecular flexibility index (Phi) is 4.84. The average molecular weight is 309 g/mol. The second-order valence-corrected chi connectivity index (χ2v) is 5.48. The van der Waals surface area contributed by atoms with Gasteiger partial charge in [0.25, 0.3) is 0 Å². The maximum absolute atomic E-state index is 10.4. The number of rotatable bonds is 4. The van der Waals surface area contributed by atoms with Crippen molar-refractivity contribution in [3.8, 4) is 0 Å². The summed E-state index contributed by atoms with van der Waals surface area (Å²) in [5, 5.41) is 10.4. The summed E-state index contributed by atoms with van der Waals surface area (Å²) in [6.45, 7) is 3.92. The largest absolute Gasteiger partial charge is 0.265 e. The molecule has 0 amide bonds. The highest BCUT2D eigenvalue weighted by Crippen LogP contribution is 2.36. The third kappa shape index (κ3) is 3.22. The maximum Gasteiger partial charge on any atom is 0.215 e. The Morgan fingerprint density at radius 2 is 2.21 bits per heavy atom. The molecular formula is C10H16INO2. The molecule has 1 fully saturated rings. The van der Waals surface area contributed by atoms with Gasteiger partial charge in [-0.2, -0.15) is 0 Å². The van der Waals surface area contributed by atoms with E-state index in [1.54, 1.807) is 0 Å². The molecule has 80 valence electrons. The molecule has 1 saturated carbocycles. The van der Waals surface area contributed by atoms with E-state index in [-0.39, 0.29) is 15.4 Å². The van der Waals surface area contributed by atoms with Crippen molar-refractivity contribution in [3.63, 3.8) is 0 Å². The molecule has 1 aliphatic carbocycles. The highest BCUT2D eigenvalue weighted by Gasteiger charge is 2.31. The maximum atomic E-state index is 10.4. The van der Waals surface area contributed by atoms with Crippen molar-refractivity contribution >= 4 is 22.6 Å². The van der Waals surface area contributed by atoms with Crippen molar-refractivity contribution in [1.82, 2.24) is 0 Å². The molecule has 14 heavy (non-hydrogen) atoms. The fourth-order valence-corrected chi connectivity index (χ4v) is 3.42. The van der Waals surface area contributed by atoms with Gasteiger partial charge in [-0.1, -0.05) is 41.5 Å². The van der Waals surface area contributed by atoms with Crippen molar-refractivity contribution in [3.05, 3.63) is 22.8 Å². The Morgan fingerprint density at radius 3 is 2.79 bits per heavy atom. The molecule has 0 aromatic heterocycles. The molecule has 0 aliphatic heterocycles. The summed E-state index contributed by atoms with van der Waals surface area (Å²) >= 11 is 2.23. The molecule has 3 nitrogen and oxygen atoms in total. The van der Waals surface area contributed by atoms with E-state index in [4.69, 9.17) is 0 Å². The van der Waals surface area contributed by atoms with Gasteiger partial charge in [-0.25, -0.2) is 0 Å². The van der Waals surface area contributed by atoms with E-state index in [2.05, 4.69) is 29.2 Å². The van der Waals surface area contributed by atoms with Crippen LogP contribution in [0.4, 0.5) is 0 Å². The number of nitrogens with zero attached hydrogens (tertiary/aromatic N) is 1. The first kappa shape index (κ1) is 11.9. The third-order valence-corrected chi connectivity index (χ3v) is 4.28. The van der Waals surface area contributed by atoms with Crippen LogP contribution in [0.1, 0.15) is 25.7 Å². The number of hydrogen-bond donors (Lipinski definition) is 0. The lowest BCUT2D eigenvalue weighted by Gasteiger charge is -2.31. The van der Waals surface area contributed by atoms with E-state index in [0.29, 0.717) is 11.8 Å². The fourth-order valence-electron chi connectivity index (χ4n) is 2.21. The minimum atomic E-state index is -0.203. The molecule has 0 N–H and O–H groups in total. The summed E-state index contributed by atoms with van der Waals surface area (Å²) in [5.74, 6) is 0.956. The van der Waals surface area contributed by atoms with E-state index in [0.717, 1.165) is 12.8 Å². The monoisotopic (exact) mass is 309 g/mol. The van der Waals surface area contributed by atoms with Gasteiger partial charge in [0.05, 0.1) is 3.92 Å². The first-order valence-electron chi connectivity index (χ1n) is 5.03. The van der Waals surface area contributed by atoms with Crippen LogP contribution >= 0.6 is 22.6 Å². The van der Waals surface area contributed by atoms with Crippen LogP contribution in [0, 0.1) is 22.0 Å². The van der Waals surface area contributed by atoms with Crippen LogP contribution in [0.15, 0.2) is 12.7 Å². The molecule has 0 aromatic rings. The zero-order valence-electron chi connectivity index (χ0n) is 8.19. The van der Waals surface area contributed by atoms with Gasteiger partial charge >= 0.3 is 0 Å². The minimum Gasteiger partial charge on any atom is -0.265 e. The van der Waals surface area contributed by atoms with Crippen LogP contribution in [0.5, 0.6) is 0 Å². The van der Waals surface area contributed by atoms with Crippen LogP contribution in [-0.4, -0.2) is 15.4 Å². The van der Waals surface area contributed by atoms with Gasteiger partial charge in [0.15, 0.2) is 0 Å². The van der Waals surface area contributed by atoms with Gasteiger partial charge < -0.3 is 0 Å². The molecule has 1 rings (SSSR count). The van der Waals surface area contributed by atoms with Gasteiger partial charge in [0.2, 0.25) is 6.54 Å². The summed E-state index contributed by atoms with van der Waals surface area (Å²) in [5.41, 5.74) is 0. The van der Waals surface area contributed by atoms with Gasteiger partial charge in [-0.05, 0) is 24.7 Å². The summed E-state index contributed by atoms with van der Waals surface area (Å²) < 4.78 is 0.158. The average Bonchev–Trinajstić information content (AvgIpc) is 2.16. The molecule has 1 aliphatic rings. The predicted molar refractivity (Wildman–Crippen MR) is 65.3 cm³/mol. The molecule has 0 bridgehead atoms. The predicted octanol–water partition coefficient (Wildman–Crippen LogP) is 3.06. The van der Waals surface area contributed by atoms with Gasteiger partial charge in [0.1, 0.15) is 0 Å². The van der Waals surface area contributed by atoms with Crippen molar-refractivity contribution in [1.29, 1.82) is 0 Å². The van der Waals surface area contributed by atoms with Crippen LogP contribution in [0.3, 0.4) is 0 Å². The van der Waals surface area contributed by atoms with Crippen molar-refractivity contribution < 1.29 is 4.92 Å². The molecule has 0 aromatic carbocycles. The zero-order chi connectivity index (χ0) is 10.6. The number of halogens is 1. The minimum absolute atomic E-state index is 0.0928. The number of nitro groups is 1. The van der Waals surface area contributed by atoms with Gasteiger partial charge in [0, 0.05) is 4.92 Å². The number of hydrogen-bond acceptors (Lipinski definition) is 2. The lowest BCUT2D eigenvalue weighted by molar-refractivity contribution is -0.479.